The van der Waals surface area contributed by atoms with Gasteiger partial charge in [-0.3, -0.25) is 4.79 Å². The maximum Gasteiger partial charge on any atom is 0.352 e. The predicted molar refractivity (Wildman–Crippen MR) is 107 cm³/mol. The summed E-state index contributed by atoms with van der Waals surface area (Å²) in [4.78, 5) is 29.0. The molecule has 0 radical (unpaired) electrons. The van der Waals surface area contributed by atoms with Crippen molar-refractivity contribution in [3.8, 4) is 0 Å². The van der Waals surface area contributed by atoms with Crippen LogP contribution in [0.3, 0.4) is 0 Å². The third-order valence-corrected chi connectivity index (χ3v) is 4.27. The van der Waals surface area contributed by atoms with E-state index < -0.39 is 11.6 Å². The van der Waals surface area contributed by atoms with E-state index in [0.717, 1.165) is 10.4 Å². The summed E-state index contributed by atoms with van der Waals surface area (Å²) >= 11 is 6.03. The Labute approximate surface area is 164 Å². The SMILES string of the molecule is O=C(Cn1nc2nc(Nc3ccccc3)ccn2c1=O)Nc1ccccc1Cl. The largest absolute Gasteiger partial charge is 0.352 e. The lowest BCUT2D eigenvalue weighted by Crippen LogP contribution is -2.28. The van der Waals surface area contributed by atoms with Crippen LogP contribution >= 0.6 is 11.6 Å². The molecule has 0 aliphatic rings. The number of hydrogen-bond acceptors (Lipinski definition) is 5. The molecule has 0 unspecified atom stereocenters. The van der Waals surface area contributed by atoms with E-state index in [1.165, 1.54) is 4.40 Å². The van der Waals surface area contributed by atoms with Crippen LogP contribution in [0.4, 0.5) is 17.2 Å². The molecule has 4 aromatic rings. The van der Waals surface area contributed by atoms with Crippen LogP contribution in [0.1, 0.15) is 0 Å². The second kappa shape index (κ2) is 7.53. The molecular weight excluding hydrogens is 380 g/mol. The number of amides is 1. The summed E-state index contributed by atoms with van der Waals surface area (Å²) in [6.45, 7) is -0.255. The zero-order valence-corrected chi connectivity index (χ0v) is 15.3. The molecule has 0 aliphatic carbocycles. The molecular formula is C19H15ClN6O2. The van der Waals surface area contributed by atoms with Gasteiger partial charge in [0.2, 0.25) is 5.91 Å². The monoisotopic (exact) mass is 394 g/mol. The van der Waals surface area contributed by atoms with E-state index in [0.29, 0.717) is 16.5 Å². The lowest BCUT2D eigenvalue weighted by Gasteiger charge is -2.06. The van der Waals surface area contributed by atoms with Crippen molar-refractivity contribution < 1.29 is 4.79 Å². The third-order valence-electron chi connectivity index (χ3n) is 3.94. The van der Waals surface area contributed by atoms with Gasteiger partial charge < -0.3 is 10.6 Å². The van der Waals surface area contributed by atoms with Crippen molar-refractivity contribution in [3.05, 3.63) is 82.4 Å². The van der Waals surface area contributed by atoms with Crippen molar-refractivity contribution in [2.45, 2.75) is 6.54 Å². The number of benzene rings is 2. The van der Waals surface area contributed by atoms with Gasteiger partial charge in [-0.25, -0.2) is 13.9 Å². The van der Waals surface area contributed by atoms with E-state index in [1.807, 2.05) is 30.3 Å². The molecule has 0 spiro atoms. The summed E-state index contributed by atoms with van der Waals surface area (Å²) < 4.78 is 2.33. The Kier molecular flexibility index (Phi) is 4.77. The number of rotatable bonds is 5. The normalized spacial score (nSPS) is 10.8. The highest BCUT2D eigenvalue weighted by Crippen LogP contribution is 2.20. The summed E-state index contributed by atoms with van der Waals surface area (Å²) in [6, 6.07) is 18.0. The van der Waals surface area contributed by atoms with Crippen LogP contribution in [-0.4, -0.2) is 25.1 Å². The van der Waals surface area contributed by atoms with E-state index >= 15 is 0 Å². The molecule has 2 heterocycles. The molecule has 0 aliphatic heterocycles. The highest BCUT2D eigenvalue weighted by atomic mass is 35.5. The minimum absolute atomic E-state index is 0.191. The van der Waals surface area contributed by atoms with Gasteiger partial charge in [0, 0.05) is 11.9 Å². The number of fused-ring (bicyclic) bond motifs is 1. The highest BCUT2D eigenvalue weighted by molar-refractivity contribution is 6.33. The van der Waals surface area contributed by atoms with Gasteiger partial charge >= 0.3 is 5.69 Å². The third kappa shape index (κ3) is 3.72. The van der Waals surface area contributed by atoms with Gasteiger partial charge in [-0.1, -0.05) is 41.9 Å². The standard InChI is InChI=1S/C19H15ClN6O2/c20-14-8-4-5-9-15(14)22-17(27)12-26-19(28)25-11-10-16(23-18(25)24-26)21-13-6-2-1-3-7-13/h1-11H,12H2,(H,22,27)(H,21,23,24). The quantitative estimate of drug-likeness (QED) is 0.543. The molecule has 2 N–H and O–H groups in total. The van der Waals surface area contributed by atoms with Crippen molar-refractivity contribution in [3.63, 3.8) is 0 Å². The Bertz CT molecular complexity index is 1200. The Morgan fingerprint density at radius 1 is 1.04 bits per heavy atom. The topological polar surface area (TPSA) is 93.3 Å². The van der Waals surface area contributed by atoms with Gasteiger partial charge in [0.05, 0.1) is 10.7 Å². The fourth-order valence-electron chi connectivity index (χ4n) is 2.64. The van der Waals surface area contributed by atoms with Gasteiger partial charge in [-0.05, 0) is 30.3 Å². The van der Waals surface area contributed by atoms with E-state index in [1.54, 1.807) is 36.5 Å². The van der Waals surface area contributed by atoms with E-state index in [2.05, 4.69) is 20.7 Å². The van der Waals surface area contributed by atoms with Crippen LogP contribution in [0, 0.1) is 0 Å². The lowest BCUT2D eigenvalue weighted by atomic mass is 10.3. The Morgan fingerprint density at radius 2 is 1.79 bits per heavy atom. The number of aromatic nitrogens is 4. The average molecular weight is 395 g/mol. The van der Waals surface area contributed by atoms with Crippen molar-refractivity contribution in [2.75, 3.05) is 10.6 Å². The summed E-state index contributed by atoms with van der Waals surface area (Å²) in [5.41, 5.74) is 0.877. The number of carbonyl (C=O) groups excluding carboxylic acids is 1. The number of nitrogens with zero attached hydrogens (tertiary/aromatic N) is 4. The fraction of sp³-hybridized carbons (Fsp3) is 0.0526. The molecule has 0 bridgehead atoms. The van der Waals surface area contributed by atoms with Crippen LogP contribution in [-0.2, 0) is 11.3 Å². The Morgan fingerprint density at radius 3 is 2.57 bits per heavy atom. The van der Waals surface area contributed by atoms with Crippen molar-refractivity contribution in [1.82, 2.24) is 19.2 Å². The molecule has 0 saturated carbocycles. The number of halogens is 1. The van der Waals surface area contributed by atoms with Crippen LogP contribution < -0.4 is 16.3 Å². The molecule has 0 fully saturated rings. The number of nitrogens with one attached hydrogen (secondary N) is 2. The number of anilines is 3. The first-order chi connectivity index (χ1) is 13.6. The molecule has 8 nitrogen and oxygen atoms in total. The average Bonchev–Trinajstić information content (AvgIpc) is 2.99. The van der Waals surface area contributed by atoms with E-state index in [4.69, 9.17) is 11.6 Å². The lowest BCUT2D eigenvalue weighted by molar-refractivity contribution is -0.117. The fourth-order valence-corrected chi connectivity index (χ4v) is 2.82. The number of hydrogen-bond donors (Lipinski definition) is 2. The van der Waals surface area contributed by atoms with Gasteiger partial charge in [-0.15, -0.1) is 5.10 Å². The number of para-hydroxylation sites is 2. The smallest absolute Gasteiger partial charge is 0.340 e. The van der Waals surface area contributed by atoms with Crippen LogP contribution in [0.5, 0.6) is 0 Å². The molecule has 1 amide bonds. The van der Waals surface area contributed by atoms with E-state index in [9.17, 15) is 9.59 Å². The van der Waals surface area contributed by atoms with Crippen LogP contribution in [0.15, 0.2) is 71.7 Å². The molecule has 140 valence electrons. The predicted octanol–water partition coefficient (Wildman–Crippen LogP) is 2.93. The zero-order valence-electron chi connectivity index (χ0n) is 14.5. The minimum atomic E-state index is -0.455. The second-order valence-electron chi connectivity index (χ2n) is 5.94. The van der Waals surface area contributed by atoms with Gasteiger partial charge in [0.25, 0.3) is 5.78 Å². The van der Waals surface area contributed by atoms with Crippen molar-refractivity contribution >= 4 is 40.5 Å². The molecule has 2 aromatic heterocycles. The first-order valence-electron chi connectivity index (χ1n) is 8.43. The van der Waals surface area contributed by atoms with E-state index in [-0.39, 0.29) is 12.3 Å². The molecule has 4 rings (SSSR count). The number of carbonyl (C=O) groups is 1. The van der Waals surface area contributed by atoms with Crippen LogP contribution in [0.2, 0.25) is 5.02 Å². The van der Waals surface area contributed by atoms with Gasteiger partial charge in [0.1, 0.15) is 12.4 Å². The Balaban J connectivity index is 1.54. The summed E-state index contributed by atoms with van der Waals surface area (Å²) in [7, 11) is 0. The first kappa shape index (κ1) is 17.7. The van der Waals surface area contributed by atoms with Crippen molar-refractivity contribution in [1.29, 1.82) is 0 Å². The molecule has 28 heavy (non-hydrogen) atoms. The van der Waals surface area contributed by atoms with Gasteiger partial charge in [0.15, 0.2) is 0 Å². The molecule has 0 saturated heterocycles. The minimum Gasteiger partial charge on any atom is -0.340 e. The molecule has 0 atom stereocenters. The maximum absolute atomic E-state index is 12.4. The summed E-state index contributed by atoms with van der Waals surface area (Å²) in [5, 5.41) is 10.4. The maximum atomic E-state index is 12.4. The first-order valence-corrected chi connectivity index (χ1v) is 8.80. The summed E-state index contributed by atoms with van der Waals surface area (Å²) in [6.07, 6.45) is 1.56. The second-order valence-corrected chi connectivity index (χ2v) is 6.35. The highest BCUT2D eigenvalue weighted by Gasteiger charge is 2.13. The Hall–Kier alpha value is -3.65. The van der Waals surface area contributed by atoms with Gasteiger partial charge in [-0.2, -0.15) is 4.98 Å². The summed E-state index contributed by atoms with van der Waals surface area (Å²) in [5.74, 6) is 0.314. The zero-order chi connectivity index (χ0) is 19.5. The van der Waals surface area contributed by atoms with Crippen LogP contribution in [0.25, 0.3) is 5.78 Å². The molecule has 2 aromatic carbocycles. The molecule has 9 heteroatoms. The van der Waals surface area contributed by atoms with Crippen molar-refractivity contribution in [2.24, 2.45) is 0 Å².